The minimum Gasteiger partial charge on any atom is -0.301 e. The highest BCUT2D eigenvalue weighted by Gasteiger charge is 2.22. The molecule has 0 amide bonds. The summed E-state index contributed by atoms with van der Waals surface area (Å²) in [6.45, 7) is 4.49. The number of aromatic nitrogens is 3. The zero-order valence-electron chi connectivity index (χ0n) is 11.4. The highest BCUT2D eigenvalue weighted by molar-refractivity contribution is 8.13. The maximum absolute atomic E-state index is 11.5. The molecule has 108 valence electrons. The molecule has 5 nitrogen and oxygen atoms in total. The zero-order valence-corrected chi connectivity index (χ0v) is 12.9. The van der Waals surface area contributed by atoms with Crippen molar-refractivity contribution in [3.8, 4) is 0 Å². The lowest BCUT2D eigenvalue weighted by atomic mass is 10.1. The summed E-state index contributed by atoms with van der Waals surface area (Å²) in [5.74, 6) is 0.611. The van der Waals surface area contributed by atoms with E-state index in [-0.39, 0.29) is 5.16 Å². The van der Waals surface area contributed by atoms with E-state index in [1.165, 1.54) is 0 Å². The molecule has 0 bridgehead atoms. The van der Waals surface area contributed by atoms with Gasteiger partial charge in [0.25, 0.3) is 14.2 Å². The first-order valence-corrected chi connectivity index (χ1v) is 8.65. The van der Waals surface area contributed by atoms with E-state index in [2.05, 4.69) is 10.2 Å². The minimum atomic E-state index is -3.88. The van der Waals surface area contributed by atoms with E-state index in [0.29, 0.717) is 18.8 Å². The standard InChI is InChI=1S/C13H16ClN3O2S/c1-3-8-17-12(15-16-13(17)20(14,18)19)9-11-7-5-4-6-10(11)2/h4-7H,3,8-9H2,1-2H3. The molecule has 20 heavy (non-hydrogen) atoms. The molecule has 0 atom stereocenters. The number of rotatable bonds is 5. The molecule has 0 aliphatic carbocycles. The summed E-state index contributed by atoms with van der Waals surface area (Å²) < 4.78 is 24.6. The van der Waals surface area contributed by atoms with Crippen LogP contribution in [0.3, 0.4) is 0 Å². The molecule has 0 fully saturated rings. The van der Waals surface area contributed by atoms with Crippen LogP contribution in [-0.2, 0) is 22.0 Å². The van der Waals surface area contributed by atoms with Gasteiger partial charge in [0, 0.05) is 23.6 Å². The molecular formula is C13H16ClN3O2S. The first-order chi connectivity index (χ1) is 9.43. The quantitative estimate of drug-likeness (QED) is 0.796. The fourth-order valence-electron chi connectivity index (χ4n) is 2.06. The van der Waals surface area contributed by atoms with Crippen LogP contribution in [0.4, 0.5) is 0 Å². The highest BCUT2D eigenvalue weighted by atomic mass is 35.7. The van der Waals surface area contributed by atoms with E-state index in [1.807, 2.05) is 38.1 Å². The molecule has 0 saturated heterocycles. The third-order valence-electron chi connectivity index (χ3n) is 3.07. The van der Waals surface area contributed by atoms with E-state index >= 15 is 0 Å². The molecule has 0 aliphatic rings. The lowest BCUT2D eigenvalue weighted by Gasteiger charge is -2.08. The second-order valence-corrected chi connectivity index (χ2v) is 7.05. The molecule has 0 aliphatic heterocycles. The Hall–Kier alpha value is -1.40. The van der Waals surface area contributed by atoms with E-state index in [0.717, 1.165) is 17.5 Å². The minimum absolute atomic E-state index is 0.176. The summed E-state index contributed by atoms with van der Waals surface area (Å²) in [7, 11) is 1.52. The third-order valence-corrected chi connectivity index (χ3v) is 4.22. The van der Waals surface area contributed by atoms with Gasteiger partial charge in [-0.1, -0.05) is 31.2 Å². The summed E-state index contributed by atoms with van der Waals surface area (Å²) >= 11 is 0. The lowest BCUT2D eigenvalue weighted by Crippen LogP contribution is -2.10. The van der Waals surface area contributed by atoms with Crippen molar-refractivity contribution in [2.24, 2.45) is 0 Å². The molecule has 0 radical (unpaired) electrons. The van der Waals surface area contributed by atoms with Crippen LogP contribution >= 0.6 is 10.7 Å². The van der Waals surface area contributed by atoms with Crippen molar-refractivity contribution in [1.29, 1.82) is 0 Å². The van der Waals surface area contributed by atoms with Crippen LogP contribution in [0.5, 0.6) is 0 Å². The fourth-order valence-corrected chi connectivity index (χ4v) is 3.00. The molecule has 1 heterocycles. The maximum Gasteiger partial charge on any atom is 0.296 e. The van der Waals surface area contributed by atoms with E-state index in [9.17, 15) is 8.42 Å². The number of benzene rings is 1. The predicted octanol–water partition coefficient (Wildman–Crippen LogP) is 2.51. The molecule has 0 spiro atoms. The monoisotopic (exact) mass is 313 g/mol. The first kappa shape index (κ1) is 15.0. The highest BCUT2D eigenvalue weighted by Crippen LogP contribution is 2.18. The van der Waals surface area contributed by atoms with Gasteiger partial charge in [0.15, 0.2) is 0 Å². The van der Waals surface area contributed by atoms with Crippen LogP contribution in [0.15, 0.2) is 29.4 Å². The number of hydrogen-bond donors (Lipinski definition) is 0. The molecule has 0 N–H and O–H groups in total. The summed E-state index contributed by atoms with van der Waals surface area (Å²) in [6, 6.07) is 7.91. The van der Waals surface area contributed by atoms with Gasteiger partial charge in [-0.05, 0) is 24.5 Å². The SMILES string of the molecule is CCCn1c(Cc2ccccc2C)nnc1S(=O)(=O)Cl. The largest absolute Gasteiger partial charge is 0.301 e. The number of nitrogens with zero attached hydrogens (tertiary/aromatic N) is 3. The van der Waals surface area contributed by atoms with Crippen LogP contribution in [0, 0.1) is 6.92 Å². The van der Waals surface area contributed by atoms with Gasteiger partial charge in [-0.15, -0.1) is 10.2 Å². The normalized spacial score (nSPS) is 11.8. The van der Waals surface area contributed by atoms with Crippen molar-refractivity contribution >= 4 is 19.7 Å². The smallest absolute Gasteiger partial charge is 0.296 e. The Morgan fingerprint density at radius 2 is 1.95 bits per heavy atom. The molecule has 1 aromatic carbocycles. The Labute approximate surface area is 123 Å². The maximum atomic E-state index is 11.5. The van der Waals surface area contributed by atoms with Gasteiger partial charge in [-0.3, -0.25) is 0 Å². The van der Waals surface area contributed by atoms with E-state index in [4.69, 9.17) is 10.7 Å². The average molecular weight is 314 g/mol. The summed E-state index contributed by atoms with van der Waals surface area (Å²) in [5.41, 5.74) is 2.23. The van der Waals surface area contributed by atoms with Gasteiger partial charge in [-0.2, -0.15) is 0 Å². The number of aryl methyl sites for hydroxylation is 1. The van der Waals surface area contributed by atoms with E-state index < -0.39 is 9.05 Å². The van der Waals surface area contributed by atoms with Gasteiger partial charge in [0.2, 0.25) is 0 Å². The molecule has 1 aromatic heterocycles. The van der Waals surface area contributed by atoms with Gasteiger partial charge in [0.05, 0.1) is 0 Å². The van der Waals surface area contributed by atoms with Crippen LogP contribution in [0.25, 0.3) is 0 Å². The summed E-state index contributed by atoms with van der Waals surface area (Å²) in [4.78, 5) is 0. The summed E-state index contributed by atoms with van der Waals surface area (Å²) in [5, 5.41) is 7.54. The van der Waals surface area contributed by atoms with Crippen molar-refractivity contribution in [2.75, 3.05) is 0 Å². The Balaban J connectivity index is 2.43. The Kier molecular flexibility index (Phi) is 4.45. The van der Waals surface area contributed by atoms with Crippen molar-refractivity contribution in [1.82, 2.24) is 14.8 Å². The van der Waals surface area contributed by atoms with Crippen molar-refractivity contribution in [3.05, 3.63) is 41.2 Å². The van der Waals surface area contributed by atoms with E-state index in [1.54, 1.807) is 4.57 Å². The van der Waals surface area contributed by atoms with Crippen LogP contribution in [0.1, 0.15) is 30.3 Å². The molecule has 0 saturated carbocycles. The van der Waals surface area contributed by atoms with Gasteiger partial charge in [-0.25, -0.2) is 8.42 Å². The van der Waals surface area contributed by atoms with Gasteiger partial charge in [0.1, 0.15) is 5.82 Å². The lowest BCUT2D eigenvalue weighted by molar-refractivity contribution is 0.558. The van der Waals surface area contributed by atoms with Crippen LogP contribution < -0.4 is 0 Å². The Bertz CT molecular complexity index is 710. The van der Waals surface area contributed by atoms with Gasteiger partial charge < -0.3 is 4.57 Å². The van der Waals surface area contributed by atoms with Crippen LogP contribution in [0.2, 0.25) is 0 Å². The van der Waals surface area contributed by atoms with Crippen LogP contribution in [-0.4, -0.2) is 23.2 Å². The van der Waals surface area contributed by atoms with Crippen molar-refractivity contribution in [3.63, 3.8) is 0 Å². The number of hydrogen-bond acceptors (Lipinski definition) is 4. The molecule has 7 heteroatoms. The molecule has 2 rings (SSSR count). The Morgan fingerprint density at radius 1 is 1.25 bits per heavy atom. The molecule has 0 unspecified atom stereocenters. The predicted molar refractivity (Wildman–Crippen MR) is 77.3 cm³/mol. The van der Waals surface area contributed by atoms with Crippen molar-refractivity contribution in [2.45, 2.75) is 38.4 Å². The topological polar surface area (TPSA) is 64.8 Å². The molecule has 2 aromatic rings. The average Bonchev–Trinajstić information content (AvgIpc) is 2.76. The molecular weight excluding hydrogens is 298 g/mol. The zero-order chi connectivity index (χ0) is 14.8. The third kappa shape index (κ3) is 3.19. The second kappa shape index (κ2) is 5.93. The fraction of sp³-hybridized carbons (Fsp3) is 0.385. The number of halogens is 1. The Morgan fingerprint density at radius 3 is 2.55 bits per heavy atom. The van der Waals surface area contributed by atoms with Gasteiger partial charge >= 0.3 is 0 Å². The second-order valence-electron chi connectivity index (χ2n) is 4.59. The van der Waals surface area contributed by atoms with Crippen molar-refractivity contribution < 1.29 is 8.42 Å². The first-order valence-electron chi connectivity index (χ1n) is 6.34. The summed E-state index contributed by atoms with van der Waals surface area (Å²) in [6.07, 6.45) is 1.31.